The molecule has 0 bridgehead atoms. The van der Waals surface area contributed by atoms with Crippen LogP contribution in [0.4, 0.5) is 5.69 Å². The number of nitrogens with one attached hydrogen (secondary N) is 1. The molecule has 0 aromatic heterocycles. The Balaban J connectivity index is 1.96. The van der Waals surface area contributed by atoms with Crippen LogP contribution in [0.2, 0.25) is 10.0 Å². The van der Waals surface area contributed by atoms with Gasteiger partial charge in [0, 0.05) is 26.7 Å². The van der Waals surface area contributed by atoms with E-state index in [0.29, 0.717) is 21.3 Å². The van der Waals surface area contributed by atoms with E-state index in [1.54, 1.807) is 42.5 Å². The lowest BCUT2D eigenvalue weighted by atomic mass is 9.96. The molecular weight excluding hydrogens is 423 g/mol. The zero-order chi connectivity index (χ0) is 21.5. The van der Waals surface area contributed by atoms with Crippen molar-refractivity contribution in [3.8, 4) is 0 Å². The smallest absolute Gasteiger partial charge is 0.361 e. The molecule has 7 heteroatoms. The van der Waals surface area contributed by atoms with E-state index in [4.69, 9.17) is 27.9 Å². The Morgan fingerprint density at radius 1 is 0.967 bits per heavy atom. The largest absolute Gasteiger partial charge is 0.465 e. The van der Waals surface area contributed by atoms with Gasteiger partial charge in [-0.1, -0.05) is 53.5 Å². The molecule has 3 aromatic carbocycles. The second-order valence-corrected chi connectivity index (χ2v) is 7.47. The summed E-state index contributed by atoms with van der Waals surface area (Å²) in [5.41, 5.74) is 2.83. The highest BCUT2D eigenvalue weighted by Gasteiger charge is 2.23. The standard InChI is InChI=1S/C23H20Cl2N2O3/c1-30-21(28)14-26-22(15-5-3-2-4-6-15)19-13-18(25)11-12-20(19)27-23(29)16-7-9-17(24)10-8-16/h2-13,22,26H,14H2,1H3,(H,27,29)/p+1/t22-/m0/s1. The van der Waals surface area contributed by atoms with Crippen LogP contribution in [0.5, 0.6) is 0 Å². The van der Waals surface area contributed by atoms with Gasteiger partial charge in [0.05, 0.1) is 12.8 Å². The highest BCUT2D eigenvalue weighted by molar-refractivity contribution is 6.31. The van der Waals surface area contributed by atoms with Crippen molar-refractivity contribution < 1.29 is 19.6 Å². The molecule has 0 saturated heterocycles. The number of benzene rings is 3. The minimum atomic E-state index is -0.343. The number of hydrogen-bond donors (Lipinski definition) is 2. The van der Waals surface area contributed by atoms with Crippen molar-refractivity contribution in [1.82, 2.24) is 0 Å². The van der Waals surface area contributed by atoms with E-state index in [-0.39, 0.29) is 24.5 Å². The maximum atomic E-state index is 12.8. The van der Waals surface area contributed by atoms with E-state index < -0.39 is 0 Å². The summed E-state index contributed by atoms with van der Waals surface area (Å²) in [4.78, 5) is 24.5. The second kappa shape index (κ2) is 10.3. The molecule has 0 fully saturated rings. The first-order valence-corrected chi connectivity index (χ1v) is 10.0. The predicted octanol–water partition coefficient (Wildman–Crippen LogP) is 4.07. The molecule has 0 aliphatic heterocycles. The number of ether oxygens (including phenoxy) is 1. The molecule has 1 atom stereocenters. The summed E-state index contributed by atoms with van der Waals surface area (Å²) in [6.07, 6.45) is 0. The Kier molecular flexibility index (Phi) is 7.46. The Hall–Kier alpha value is -2.86. The van der Waals surface area contributed by atoms with Crippen molar-refractivity contribution in [2.45, 2.75) is 6.04 Å². The molecule has 0 saturated carbocycles. The molecule has 0 unspecified atom stereocenters. The average molecular weight is 444 g/mol. The second-order valence-electron chi connectivity index (χ2n) is 6.60. The summed E-state index contributed by atoms with van der Waals surface area (Å²) in [5, 5.41) is 5.89. The Morgan fingerprint density at radius 2 is 1.63 bits per heavy atom. The molecule has 0 aliphatic carbocycles. The van der Waals surface area contributed by atoms with Crippen LogP contribution < -0.4 is 10.6 Å². The maximum Gasteiger partial charge on any atom is 0.361 e. The van der Waals surface area contributed by atoms with Crippen LogP contribution in [0.15, 0.2) is 72.8 Å². The molecule has 3 aromatic rings. The van der Waals surface area contributed by atoms with E-state index in [0.717, 1.165) is 11.1 Å². The van der Waals surface area contributed by atoms with Crippen LogP contribution in [0.1, 0.15) is 27.5 Å². The number of hydrogen-bond acceptors (Lipinski definition) is 3. The topological polar surface area (TPSA) is 72.0 Å². The van der Waals surface area contributed by atoms with Crippen molar-refractivity contribution in [3.05, 3.63) is 99.5 Å². The monoisotopic (exact) mass is 443 g/mol. The van der Waals surface area contributed by atoms with Crippen molar-refractivity contribution in [1.29, 1.82) is 0 Å². The molecule has 5 nitrogen and oxygen atoms in total. The fourth-order valence-electron chi connectivity index (χ4n) is 3.10. The van der Waals surface area contributed by atoms with E-state index in [9.17, 15) is 9.59 Å². The fourth-order valence-corrected chi connectivity index (χ4v) is 3.41. The zero-order valence-electron chi connectivity index (χ0n) is 16.3. The van der Waals surface area contributed by atoms with Crippen LogP contribution in [0, 0.1) is 0 Å². The van der Waals surface area contributed by atoms with Crippen LogP contribution >= 0.6 is 23.2 Å². The third kappa shape index (κ3) is 5.60. The van der Waals surface area contributed by atoms with Crippen molar-refractivity contribution in [2.75, 3.05) is 19.0 Å². The van der Waals surface area contributed by atoms with Crippen molar-refractivity contribution >= 4 is 40.8 Å². The molecule has 154 valence electrons. The normalized spacial score (nSPS) is 11.6. The number of anilines is 1. The van der Waals surface area contributed by atoms with Crippen molar-refractivity contribution in [2.24, 2.45) is 0 Å². The van der Waals surface area contributed by atoms with Gasteiger partial charge in [-0.05, 0) is 42.5 Å². The van der Waals surface area contributed by atoms with E-state index >= 15 is 0 Å². The molecule has 0 radical (unpaired) electrons. The van der Waals surface area contributed by atoms with Gasteiger partial charge in [0.15, 0.2) is 6.54 Å². The van der Waals surface area contributed by atoms with Crippen LogP contribution in [-0.4, -0.2) is 25.5 Å². The maximum absolute atomic E-state index is 12.8. The van der Waals surface area contributed by atoms with Gasteiger partial charge in [0.2, 0.25) is 0 Å². The highest BCUT2D eigenvalue weighted by atomic mass is 35.5. The first-order chi connectivity index (χ1) is 14.5. The first kappa shape index (κ1) is 21.8. The summed E-state index contributed by atoms with van der Waals surface area (Å²) in [5.74, 6) is -0.611. The van der Waals surface area contributed by atoms with E-state index in [1.807, 2.05) is 35.6 Å². The Labute approximate surface area is 185 Å². The Bertz CT molecular complexity index is 1020. The number of esters is 1. The molecule has 0 spiro atoms. The van der Waals surface area contributed by atoms with Gasteiger partial charge in [0.25, 0.3) is 5.91 Å². The first-order valence-electron chi connectivity index (χ1n) is 9.29. The molecule has 30 heavy (non-hydrogen) atoms. The molecule has 0 aliphatic rings. The average Bonchev–Trinajstić information content (AvgIpc) is 2.76. The number of quaternary nitrogens is 1. The van der Waals surface area contributed by atoms with E-state index in [2.05, 4.69) is 5.32 Å². The summed E-state index contributed by atoms with van der Waals surface area (Å²) < 4.78 is 4.78. The van der Waals surface area contributed by atoms with Gasteiger partial charge < -0.3 is 15.4 Å². The van der Waals surface area contributed by atoms with Crippen LogP contribution in [0.3, 0.4) is 0 Å². The van der Waals surface area contributed by atoms with Crippen molar-refractivity contribution in [3.63, 3.8) is 0 Å². The molecular formula is C23H21Cl2N2O3+. The summed E-state index contributed by atoms with van der Waals surface area (Å²) in [6, 6.07) is 21.3. The molecule has 1 amide bonds. The minimum absolute atomic E-state index is 0.118. The van der Waals surface area contributed by atoms with Crippen LogP contribution in [-0.2, 0) is 9.53 Å². The lowest BCUT2D eigenvalue weighted by Crippen LogP contribution is -2.87. The number of halogens is 2. The fraction of sp³-hybridized carbons (Fsp3) is 0.130. The van der Waals surface area contributed by atoms with Gasteiger partial charge in [0.1, 0.15) is 6.04 Å². The minimum Gasteiger partial charge on any atom is -0.465 e. The third-order valence-corrected chi connectivity index (χ3v) is 5.10. The number of methoxy groups -OCH3 is 1. The summed E-state index contributed by atoms with van der Waals surface area (Å²) >= 11 is 12.2. The van der Waals surface area contributed by atoms with Gasteiger partial charge in [-0.25, -0.2) is 4.79 Å². The van der Waals surface area contributed by atoms with Gasteiger partial charge >= 0.3 is 5.97 Å². The zero-order valence-corrected chi connectivity index (χ0v) is 17.8. The van der Waals surface area contributed by atoms with Gasteiger partial charge in [-0.15, -0.1) is 0 Å². The quantitative estimate of drug-likeness (QED) is 0.540. The number of carbonyl (C=O) groups is 2. The van der Waals surface area contributed by atoms with Gasteiger partial charge in [-0.2, -0.15) is 0 Å². The molecule has 3 N–H and O–H groups in total. The molecule has 3 rings (SSSR count). The molecule has 0 heterocycles. The highest BCUT2D eigenvalue weighted by Crippen LogP contribution is 2.29. The Morgan fingerprint density at radius 3 is 2.30 bits per heavy atom. The van der Waals surface area contributed by atoms with Crippen LogP contribution in [0.25, 0.3) is 0 Å². The number of rotatable bonds is 7. The lowest BCUT2D eigenvalue weighted by Gasteiger charge is -2.20. The number of nitrogens with two attached hydrogens (primary N) is 1. The number of carbonyl (C=O) groups excluding carboxylic acids is 2. The summed E-state index contributed by atoms with van der Waals surface area (Å²) in [7, 11) is 1.35. The lowest BCUT2D eigenvalue weighted by molar-refractivity contribution is -0.677. The SMILES string of the molecule is COC(=O)C[NH2+][C@@H](c1ccccc1)c1cc(Cl)ccc1NC(=O)c1ccc(Cl)cc1. The predicted molar refractivity (Wildman–Crippen MR) is 118 cm³/mol. The van der Waals surface area contributed by atoms with E-state index in [1.165, 1.54) is 7.11 Å². The van der Waals surface area contributed by atoms with Gasteiger partial charge in [-0.3, -0.25) is 4.79 Å². The summed E-state index contributed by atoms with van der Waals surface area (Å²) in [6.45, 7) is 0.118. The number of amides is 1. The third-order valence-electron chi connectivity index (χ3n) is 4.61.